The van der Waals surface area contributed by atoms with Crippen LogP contribution >= 0.6 is 11.8 Å². The van der Waals surface area contributed by atoms with Gasteiger partial charge in [-0.25, -0.2) is 0 Å². The number of anilines is 1. The van der Waals surface area contributed by atoms with Gasteiger partial charge in [-0.1, -0.05) is 63.1 Å². The fraction of sp³-hybridized carbons (Fsp3) is 0.464. The van der Waals surface area contributed by atoms with Gasteiger partial charge in [0.1, 0.15) is 0 Å². The molecule has 1 aliphatic carbocycles. The van der Waals surface area contributed by atoms with Crippen LogP contribution in [0.5, 0.6) is 11.5 Å². The Morgan fingerprint density at radius 3 is 2.33 bits per heavy atom. The van der Waals surface area contributed by atoms with Gasteiger partial charge in [-0.3, -0.25) is 9.36 Å². The predicted molar refractivity (Wildman–Crippen MR) is 145 cm³/mol. The molecule has 1 aliphatic rings. The molecule has 1 heterocycles. The fourth-order valence-corrected chi connectivity index (χ4v) is 5.73. The first kappa shape index (κ1) is 26.1. The highest BCUT2D eigenvalue weighted by Gasteiger charge is 2.25. The number of hydrogen-bond donors (Lipinski definition) is 1. The number of carbonyl (C=O) groups is 1. The number of para-hydroxylation sites is 1. The van der Waals surface area contributed by atoms with Crippen LogP contribution in [0.1, 0.15) is 63.1 Å². The Morgan fingerprint density at radius 2 is 1.69 bits per heavy atom. The van der Waals surface area contributed by atoms with E-state index >= 15 is 0 Å². The van der Waals surface area contributed by atoms with Gasteiger partial charge < -0.3 is 14.8 Å². The summed E-state index contributed by atoms with van der Waals surface area (Å²) in [7, 11) is 3.26. The second-order valence-electron chi connectivity index (χ2n) is 9.03. The van der Waals surface area contributed by atoms with Crippen LogP contribution in [0.3, 0.4) is 0 Å². The lowest BCUT2D eigenvalue weighted by molar-refractivity contribution is -0.113. The number of nitrogens with one attached hydrogen (secondary N) is 1. The van der Waals surface area contributed by atoms with E-state index in [1.807, 2.05) is 18.2 Å². The van der Waals surface area contributed by atoms with Crippen molar-refractivity contribution in [2.75, 3.05) is 25.3 Å². The van der Waals surface area contributed by atoms with Crippen molar-refractivity contribution < 1.29 is 14.3 Å². The first-order valence-corrected chi connectivity index (χ1v) is 13.8. The first-order chi connectivity index (χ1) is 17.6. The zero-order valence-electron chi connectivity index (χ0n) is 21.7. The maximum Gasteiger partial charge on any atom is 0.234 e. The van der Waals surface area contributed by atoms with Gasteiger partial charge in [0.05, 0.1) is 20.0 Å². The first-order valence-electron chi connectivity index (χ1n) is 12.8. The third kappa shape index (κ3) is 5.69. The van der Waals surface area contributed by atoms with Gasteiger partial charge in [0.15, 0.2) is 22.5 Å². The Labute approximate surface area is 218 Å². The summed E-state index contributed by atoms with van der Waals surface area (Å²) >= 11 is 1.45. The summed E-state index contributed by atoms with van der Waals surface area (Å²) in [5, 5.41) is 13.1. The van der Waals surface area contributed by atoms with E-state index in [2.05, 4.69) is 52.1 Å². The van der Waals surface area contributed by atoms with Gasteiger partial charge in [-0.2, -0.15) is 0 Å². The van der Waals surface area contributed by atoms with Gasteiger partial charge in [0, 0.05) is 17.3 Å². The van der Waals surface area contributed by atoms with E-state index in [0.717, 1.165) is 59.0 Å². The lowest BCUT2D eigenvalue weighted by atomic mass is 9.95. The molecule has 0 radical (unpaired) electrons. The van der Waals surface area contributed by atoms with E-state index in [1.54, 1.807) is 14.2 Å². The summed E-state index contributed by atoms with van der Waals surface area (Å²) in [6, 6.07) is 12.4. The highest BCUT2D eigenvalue weighted by atomic mass is 32.2. The molecule has 7 nitrogen and oxygen atoms in total. The molecule has 36 heavy (non-hydrogen) atoms. The molecule has 0 spiro atoms. The number of hydrogen-bond acceptors (Lipinski definition) is 6. The molecular weight excluding hydrogens is 472 g/mol. The SMILES string of the molecule is CCc1cccc(CC)c1NC(=O)CSc1nnc(-c2ccc(OC)c(OC)c2)n1C1CCCCC1. The molecule has 0 saturated heterocycles. The van der Waals surface area contributed by atoms with Crippen molar-refractivity contribution in [1.29, 1.82) is 0 Å². The van der Waals surface area contributed by atoms with Crippen molar-refractivity contribution >= 4 is 23.4 Å². The highest BCUT2D eigenvalue weighted by molar-refractivity contribution is 7.99. The minimum absolute atomic E-state index is 0.0264. The fourth-order valence-electron chi connectivity index (χ4n) is 4.92. The molecule has 2 aromatic carbocycles. The molecule has 1 N–H and O–H groups in total. The van der Waals surface area contributed by atoms with Crippen molar-refractivity contribution in [2.45, 2.75) is 70.0 Å². The van der Waals surface area contributed by atoms with Gasteiger partial charge in [-0.05, 0) is 55.0 Å². The van der Waals surface area contributed by atoms with E-state index in [1.165, 1.54) is 31.0 Å². The molecule has 1 saturated carbocycles. The van der Waals surface area contributed by atoms with E-state index in [0.29, 0.717) is 17.5 Å². The number of carbonyl (C=O) groups excluding carboxylic acids is 1. The van der Waals surface area contributed by atoms with Gasteiger partial charge >= 0.3 is 0 Å². The third-order valence-electron chi connectivity index (χ3n) is 6.84. The number of rotatable bonds is 10. The van der Waals surface area contributed by atoms with Crippen molar-refractivity contribution in [3.63, 3.8) is 0 Å². The number of aromatic nitrogens is 3. The summed E-state index contributed by atoms with van der Waals surface area (Å²) < 4.78 is 13.2. The van der Waals surface area contributed by atoms with E-state index in [4.69, 9.17) is 9.47 Å². The quantitative estimate of drug-likeness (QED) is 0.323. The van der Waals surface area contributed by atoms with Crippen LogP contribution in [0.4, 0.5) is 5.69 Å². The van der Waals surface area contributed by atoms with Crippen molar-refractivity contribution in [3.8, 4) is 22.9 Å². The van der Waals surface area contributed by atoms with Crippen LogP contribution in [0.2, 0.25) is 0 Å². The summed E-state index contributed by atoms with van der Waals surface area (Å²) in [6.45, 7) is 4.23. The van der Waals surface area contributed by atoms with Crippen LogP contribution in [0, 0.1) is 0 Å². The molecule has 4 rings (SSSR count). The standard InChI is InChI=1S/C28H36N4O3S/c1-5-19-11-10-12-20(6-2)26(19)29-25(33)18-36-28-31-30-27(32(28)22-13-8-7-9-14-22)21-15-16-23(34-3)24(17-21)35-4/h10-12,15-17,22H,5-9,13-14,18H2,1-4H3,(H,29,33). The van der Waals surface area contributed by atoms with Crippen molar-refractivity contribution in [2.24, 2.45) is 0 Å². The molecule has 3 aromatic rings. The van der Waals surface area contributed by atoms with Gasteiger partial charge in [-0.15, -0.1) is 10.2 Å². The maximum atomic E-state index is 13.0. The van der Waals surface area contributed by atoms with Crippen LogP contribution in [-0.2, 0) is 17.6 Å². The molecule has 1 aromatic heterocycles. The van der Waals surface area contributed by atoms with Crippen LogP contribution < -0.4 is 14.8 Å². The molecule has 0 atom stereocenters. The number of benzene rings is 2. The predicted octanol–water partition coefficient (Wildman–Crippen LogP) is 6.32. The second-order valence-corrected chi connectivity index (χ2v) is 9.98. The van der Waals surface area contributed by atoms with Gasteiger partial charge in [0.2, 0.25) is 5.91 Å². The van der Waals surface area contributed by atoms with E-state index in [-0.39, 0.29) is 11.7 Å². The number of nitrogens with zero attached hydrogens (tertiary/aromatic N) is 3. The van der Waals surface area contributed by atoms with Crippen LogP contribution in [0.15, 0.2) is 41.6 Å². The Hall–Kier alpha value is -3.00. The molecule has 1 fully saturated rings. The minimum Gasteiger partial charge on any atom is -0.493 e. The van der Waals surface area contributed by atoms with Crippen LogP contribution in [0.25, 0.3) is 11.4 Å². The Kier molecular flexibility index (Phi) is 8.91. The topological polar surface area (TPSA) is 78.3 Å². The summed E-state index contributed by atoms with van der Waals surface area (Å²) in [4.78, 5) is 13.0. The molecule has 192 valence electrons. The summed E-state index contributed by atoms with van der Waals surface area (Å²) in [5.41, 5.74) is 4.20. The number of thioether (sulfide) groups is 1. The molecule has 8 heteroatoms. The zero-order valence-corrected chi connectivity index (χ0v) is 22.5. The zero-order chi connectivity index (χ0) is 25.5. The highest BCUT2D eigenvalue weighted by Crippen LogP contribution is 2.38. The molecule has 0 aliphatic heterocycles. The number of methoxy groups -OCH3 is 2. The molecule has 0 unspecified atom stereocenters. The number of amides is 1. The average Bonchev–Trinajstić information content (AvgIpc) is 3.36. The Morgan fingerprint density at radius 1 is 1.00 bits per heavy atom. The average molecular weight is 509 g/mol. The number of ether oxygens (including phenoxy) is 2. The van der Waals surface area contributed by atoms with Crippen molar-refractivity contribution in [1.82, 2.24) is 14.8 Å². The summed E-state index contributed by atoms with van der Waals surface area (Å²) in [5.74, 6) is 2.38. The smallest absolute Gasteiger partial charge is 0.234 e. The van der Waals surface area contributed by atoms with Crippen LogP contribution in [-0.4, -0.2) is 40.6 Å². The molecular formula is C28H36N4O3S. The summed E-state index contributed by atoms with van der Waals surface area (Å²) in [6.07, 6.45) is 7.55. The third-order valence-corrected chi connectivity index (χ3v) is 7.78. The minimum atomic E-state index is -0.0264. The van der Waals surface area contributed by atoms with Gasteiger partial charge in [0.25, 0.3) is 0 Å². The van der Waals surface area contributed by atoms with E-state index < -0.39 is 0 Å². The Balaban J connectivity index is 1.59. The second kappa shape index (κ2) is 12.3. The molecule has 0 bridgehead atoms. The lowest BCUT2D eigenvalue weighted by Crippen LogP contribution is -2.18. The number of aryl methyl sites for hydroxylation is 2. The Bertz CT molecular complexity index is 1170. The maximum absolute atomic E-state index is 13.0. The molecule has 1 amide bonds. The van der Waals surface area contributed by atoms with Crippen molar-refractivity contribution in [3.05, 3.63) is 47.5 Å². The van der Waals surface area contributed by atoms with E-state index in [9.17, 15) is 4.79 Å². The monoisotopic (exact) mass is 508 g/mol. The largest absolute Gasteiger partial charge is 0.493 e. The lowest BCUT2D eigenvalue weighted by Gasteiger charge is -2.25. The normalized spacial score (nSPS) is 14.0.